The molecule has 1 heterocycles. The van der Waals surface area contributed by atoms with E-state index in [2.05, 4.69) is 15.6 Å². The summed E-state index contributed by atoms with van der Waals surface area (Å²) in [6.45, 7) is 3.93. The number of imide groups is 1. The Morgan fingerprint density at radius 3 is 2.85 bits per heavy atom. The third kappa shape index (κ3) is 3.51. The monoisotopic (exact) mass is 293 g/mol. The predicted octanol–water partition coefficient (Wildman–Crippen LogP) is 2.15. The lowest BCUT2D eigenvalue weighted by Crippen LogP contribution is -2.42. The van der Waals surface area contributed by atoms with Gasteiger partial charge >= 0.3 is 6.03 Å². The van der Waals surface area contributed by atoms with E-state index in [1.54, 1.807) is 13.8 Å². The highest BCUT2D eigenvalue weighted by Gasteiger charge is 2.19. The SMILES string of the molecule is CCNC(=O)NC(=O)[C@H](C)Sc1nc2ccccc2o1. The largest absolute Gasteiger partial charge is 0.431 e. The van der Waals surface area contributed by atoms with Crippen LogP contribution in [0.2, 0.25) is 0 Å². The number of para-hydroxylation sites is 2. The van der Waals surface area contributed by atoms with Gasteiger partial charge in [-0.1, -0.05) is 23.9 Å². The molecule has 0 aliphatic rings. The van der Waals surface area contributed by atoms with Crippen molar-refractivity contribution in [3.05, 3.63) is 24.3 Å². The van der Waals surface area contributed by atoms with Gasteiger partial charge in [0.05, 0.1) is 5.25 Å². The third-order valence-corrected chi connectivity index (χ3v) is 3.44. The zero-order valence-electron chi connectivity index (χ0n) is 11.2. The summed E-state index contributed by atoms with van der Waals surface area (Å²) in [6.07, 6.45) is 0. The smallest absolute Gasteiger partial charge is 0.321 e. The molecule has 0 saturated heterocycles. The maximum Gasteiger partial charge on any atom is 0.321 e. The van der Waals surface area contributed by atoms with Crippen LogP contribution in [0.25, 0.3) is 11.1 Å². The fourth-order valence-electron chi connectivity index (χ4n) is 1.52. The number of hydrogen-bond acceptors (Lipinski definition) is 5. The number of aromatic nitrogens is 1. The number of benzene rings is 1. The van der Waals surface area contributed by atoms with Crippen molar-refractivity contribution in [2.24, 2.45) is 0 Å². The van der Waals surface area contributed by atoms with Gasteiger partial charge in [-0.2, -0.15) is 0 Å². The van der Waals surface area contributed by atoms with Gasteiger partial charge in [-0.05, 0) is 26.0 Å². The van der Waals surface area contributed by atoms with Crippen LogP contribution in [0.3, 0.4) is 0 Å². The van der Waals surface area contributed by atoms with E-state index in [-0.39, 0.29) is 5.91 Å². The predicted molar refractivity (Wildman–Crippen MR) is 76.5 cm³/mol. The summed E-state index contributed by atoms with van der Waals surface area (Å²) < 4.78 is 5.51. The summed E-state index contributed by atoms with van der Waals surface area (Å²) >= 11 is 1.17. The molecule has 6 nitrogen and oxygen atoms in total. The van der Waals surface area contributed by atoms with E-state index < -0.39 is 11.3 Å². The highest BCUT2D eigenvalue weighted by atomic mass is 32.2. The zero-order chi connectivity index (χ0) is 14.5. The molecule has 0 unspecified atom stereocenters. The molecule has 0 fully saturated rings. The first-order valence-corrected chi connectivity index (χ1v) is 7.09. The van der Waals surface area contributed by atoms with Gasteiger partial charge in [0.15, 0.2) is 5.58 Å². The van der Waals surface area contributed by atoms with Crippen LogP contribution in [0, 0.1) is 0 Å². The first-order chi connectivity index (χ1) is 9.60. The van der Waals surface area contributed by atoms with Gasteiger partial charge < -0.3 is 9.73 Å². The Morgan fingerprint density at radius 1 is 1.40 bits per heavy atom. The molecule has 2 rings (SSSR count). The van der Waals surface area contributed by atoms with Gasteiger partial charge in [0.2, 0.25) is 5.91 Å². The van der Waals surface area contributed by atoms with Crippen molar-refractivity contribution >= 4 is 34.8 Å². The molecule has 0 aliphatic heterocycles. The highest BCUT2D eigenvalue weighted by Crippen LogP contribution is 2.26. The molecule has 0 bridgehead atoms. The van der Waals surface area contributed by atoms with Gasteiger partial charge in [0.1, 0.15) is 5.52 Å². The van der Waals surface area contributed by atoms with Crippen LogP contribution < -0.4 is 10.6 Å². The van der Waals surface area contributed by atoms with Crippen molar-refractivity contribution in [2.45, 2.75) is 24.3 Å². The quantitative estimate of drug-likeness (QED) is 0.844. The molecule has 1 aromatic carbocycles. The fraction of sp³-hybridized carbons (Fsp3) is 0.308. The molecule has 7 heteroatoms. The number of oxazole rings is 1. The minimum absolute atomic E-state index is 0.386. The lowest BCUT2D eigenvalue weighted by Gasteiger charge is -2.08. The number of hydrogen-bond donors (Lipinski definition) is 2. The number of carbonyl (C=O) groups is 2. The second kappa shape index (κ2) is 6.42. The first kappa shape index (κ1) is 14.4. The van der Waals surface area contributed by atoms with Gasteiger partial charge in [-0.15, -0.1) is 0 Å². The molecule has 2 N–H and O–H groups in total. The summed E-state index contributed by atoms with van der Waals surface area (Å²) in [5.41, 5.74) is 1.41. The van der Waals surface area contributed by atoms with E-state index in [4.69, 9.17) is 4.42 Å². The van der Waals surface area contributed by atoms with Crippen LogP contribution >= 0.6 is 11.8 Å². The van der Waals surface area contributed by atoms with E-state index in [9.17, 15) is 9.59 Å². The molecule has 1 aromatic heterocycles. The van der Waals surface area contributed by atoms with Crippen LogP contribution in [0.5, 0.6) is 0 Å². The van der Waals surface area contributed by atoms with Crippen LogP contribution in [0.4, 0.5) is 4.79 Å². The lowest BCUT2D eigenvalue weighted by atomic mass is 10.3. The van der Waals surface area contributed by atoms with Crippen LogP contribution in [0.1, 0.15) is 13.8 Å². The topological polar surface area (TPSA) is 84.2 Å². The van der Waals surface area contributed by atoms with Crippen molar-refractivity contribution in [3.8, 4) is 0 Å². The number of fused-ring (bicyclic) bond motifs is 1. The summed E-state index contributed by atoms with van der Waals surface area (Å²) in [5, 5.41) is 4.68. The Bertz CT molecular complexity index is 593. The average Bonchev–Trinajstić information content (AvgIpc) is 2.80. The van der Waals surface area contributed by atoms with Crippen molar-refractivity contribution in [3.63, 3.8) is 0 Å². The van der Waals surface area contributed by atoms with Gasteiger partial charge in [0, 0.05) is 6.54 Å². The molecule has 20 heavy (non-hydrogen) atoms. The number of nitrogens with zero attached hydrogens (tertiary/aromatic N) is 1. The highest BCUT2D eigenvalue weighted by molar-refractivity contribution is 8.00. The maximum absolute atomic E-state index is 11.8. The molecule has 0 saturated carbocycles. The van der Waals surface area contributed by atoms with E-state index in [1.807, 2.05) is 24.3 Å². The Labute approximate surface area is 120 Å². The molecule has 3 amide bonds. The van der Waals surface area contributed by atoms with Crippen LogP contribution in [-0.4, -0.2) is 28.7 Å². The minimum atomic E-state index is -0.498. The fourth-order valence-corrected chi connectivity index (χ4v) is 2.28. The first-order valence-electron chi connectivity index (χ1n) is 6.21. The molecule has 0 aliphatic carbocycles. The molecular formula is C13H15N3O3S. The molecule has 2 aromatic rings. The Hall–Kier alpha value is -2.02. The van der Waals surface area contributed by atoms with Crippen molar-refractivity contribution in [1.82, 2.24) is 15.6 Å². The standard InChI is InChI=1S/C13H15N3O3S/c1-3-14-12(18)16-11(17)8(2)20-13-15-9-6-4-5-7-10(9)19-13/h4-8H,3H2,1-2H3,(H2,14,16,17,18)/t8-/m0/s1. The van der Waals surface area contributed by atoms with E-state index in [0.29, 0.717) is 17.4 Å². The normalized spacial score (nSPS) is 12.1. The molecule has 1 atom stereocenters. The number of thioether (sulfide) groups is 1. The minimum Gasteiger partial charge on any atom is -0.431 e. The second-order valence-electron chi connectivity index (χ2n) is 4.06. The van der Waals surface area contributed by atoms with Crippen molar-refractivity contribution < 1.29 is 14.0 Å². The molecule has 0 radical (unpaired) electrons. The average molecular weight is 293 g/mol. The number of urea groups is 1. The molecule has 106 valence electrons. The summed E-state index contributed by atoms with van der Waals surface area (Å²) in [4.78, 5) is 27.3. The summed E-state index contributed by atoms with van der Waals surface area (Å²) in [6, 6.07) is 6.87. The van der Waals surface area contributed by atoms with Crippen molar-refractivity contribution in [2.75, 3.05) is 6.54 Å². The molecule has 0 spiro atoms. The van der Waals surface area contributed by atoms with Crippen LogP contribution in [-0.2, 0) is 4.79 Å². The Balaban J connectivity index is 1.98. The number of amides is 3. The number of nitrogens with one attached hydrogen (secondary N) is 2. The maximum atomic E-state index is 11.8. The number of carbonyl (C=O) groups excluding carboxylic acids is 2. The van der Waals surface area contributed by atoms with Gasteiger partial charge in [-0.25, -0.2) is 9.78 Å². The van der Waals surface area contributed by atoms with Crippen molar-refractivity contribution in [1.29, 1.82) is 0 Å². The van der Waals surface area contributed by atoms with Gasteiger partial charge in [-0.3, -0.25) is 10.1 Å². The zero-order valence-corrected chi connectivity index (χ0v) is 12.0. The lowest BCUT2D eigenvalue weighted by molar-refractivity contribution is -0.119. The summed E-state index contributed by atoms with van der Waals surface area (Å²) in [7, 11) is 0. The van der Waals surface area contributed by atoms with E-state index >= 15 is 0 Å². The van der Waals surface area contributed by atoms with Crippen LogP contribution in [0.15, 0.2) is 33.9 Å². The summed E-state index contributed by atoms with van der Waals surface area (Å²) in [5.74, 6) is -0.386. The Morgan fingerprint density at radius 2 is 2.15 bits per heavy atom. The molecular weight excluding hydrogens is 278 g/mol. The van der Waals surface area contributed by atoms with E-state index in [0.717, 1.165) is 5.52 Å². The van der Waals surface area contributed by atoms with Gasteiger partial charge in [0.25, 0.3) is 5.22 Å². The Kier molecular flexibility index (Phi) is 4.62. The third-order valence-electron chi connectivity index (χ3n) is 2.50. The van der Waals surface area contributed by atoms with E-state index in [1.165, 1.54) is 11.8 Å². The number of rotatable bonds is 4. The second-order valence-corrected chi connectivity index (χ2v) is 5.35.